The molecule has 3 aromatic rings. The van der Waals surface area contributed by atoms with E-state index >= 15 is 0 Å². The fraction of sp³-hybridized carbons (Fsp3) is 0.190. The van der Waals surface area contributed by atoms with Gasteiger partial charge in [-0.15, -0.1) is 0 Å². The molecule has 1 amide bonds. The lowest BCUT2D eigenvalue weighted by Crippen LogP contribution is -2.30. The Hall–Kier alpha value is -3.12. The van der Waals surface area contributed by atoms with Gasteiger partial charge in [0.2, 0.25) is 5.76 Å². The number of hydrogen-bond acceptors (Lipinski definition) is 5. The highest BCUT2D eigenvalue weighted by atomic mass is 35.5. The van der Waals surface area contributed by atoms with E-state index in [0.29, 0.717) is 10.7 Å². The topological polar surface area (TPSA) is 85.6 Å². The Morgan fingerprint density at radius 3 is 2.57 bits per heavy atom. The van der Waals surface area contributed by atoms with E-state index < -0.39 is 23.4 Å². The highest BCUT2D eigenvalue weighted by Crippen LogP contribution is 2.19. The van der Waals surface area contributed by atoms with Gasteiger partial charge < -0.3 is 14.5 Å². The smallest absolute Gasteiger partial charge is 0.375 e. The lowest BCUT2D eigenvalue weighted by atomic mass is 10.1. The molecule has 1 aromatic heterocycles. The molecule has 0 saturated heterocycles. The van der Waals surface area contributed by atoms with Gasteiger partial charge in [0.05, 0.1) is 5.39 Å². The van der Waals surface area contributed by atoms with E-state index in [1.807, 2.05) is 26.0 Å². The van der Waals surface area contributed by atoms with E-state index in [1.165, 1.54) is 19.1 Å². The van der Waals surface area contributed by atoms with Crippen molar-refractivity contribution in [1.82, 2.24) is 0 Å². The third kappa shape index (κ3) is 4.23. The van der Waals surface area contributed by atoms with Crippen LogP contribution in [0.2, 0.25) is 5.02 Å². The Morgan fingerprint density at radius 2 is 1.86 bits per heavy atom. The van der Waals surface area contributed by atoms with E-state index in [9.17, 15) is 14.4 Å². The number of rotatable bonds is 4. The average Bonchev–Trinajstić information content (AvgIpc) is 2.64. The molecule has 3 rings (SSSR count). The predicted molar refractivity (Wildman–Crippen MR) is 107 cm³/mol. The molecular weight excluding hydrogens is 382 g/mol. The number of benzene rings is 2. The molecule has 1 heterocycles. The van der Waals surface area contributed by atoms with Crippen molar-refractivity contribution in [2.75, 3.05) is 5.32 Å². The van der Waals surface area contributed by atoms with Gasteiger partial charge in [0.25, 0.3) is 5.91 Å². The van der Waals surface area contributed by atoms with Crippen LogP contribution in [0.5, 0.6) is 0 Å². The van der Waals surface area contributed by atoms with E-state index in [1.54, 1.807) is 12.1 Å². The lowest BCUT2D eigenvalue weighted by molar-refractivity contribution is -0.123. The number of aryl methyl sites for hydroxylation is 2. The van der Waals surface area contributed by atoms with Gasteiger partial charge in [0.1, 0.15) is 5.58 Å². The number of esters is 1. The van der Waals surface area contributed by atoms with Crippen molar-refractivity contribution >= 4 is 40.1 Å². The Morgan fingerprint density at radius 1 is 1.11 bits per heavy atom. The molecule has 2 aromatic carbocycles. The quantitative estimate of drug-likeness (QED) is 0.663. The van der Waals surface area contributed by atoms with Crippen molar-refractivity contribution < 1.29 is 18.7 Å². The van der Waals surface area contributed by atoms with Crippen LogP contribution >= 0.6 is 11.6 Å². The van der Waals surface area contributed by atoms with E-state index in [-0.39, 0.29) is 16.7 Å². The van der Waals surface area contributed by atoms with Crippen molar-refractivity contribution in [2.24, 2.45) is 0 Å². The lowest BCUT2D eigenvalue weighted by Gasteiger charge is -2.14. The Bertz CT molecular complexity index is 1140. The second kappa shape index (κ2) is 7.86. The number of carbonyl (C=O) groups is 2. The molecule has 0 aliphatic rings. The second-order valence-electron chi connectivity index (χ2n) is 6.47. The molecule has 0 aliphatic carbocycles. The summed E-state index contributed by atoms with van der Waals surface area (Å²) in [5.41, 5.74) is 2.38. The molecule has 28 heavy (non-hydrogen) atoms. The van der Waals surface area contributed by atoms with Crippen LogP contribution in [0.25, 0.3) is 11.0 Å². The summed E-state index contributed by atoms with van der Waals surface area (Å²) in [5.74, 6) is -1.68. The highest BCUT2D eigenvalue weighted by Gasteiger charge is 2.22. The number of anilines is 1. The van der Waals surface area contributed by atoms with Gasteiger partial charge in [-0.05, 0) is 50.6 Å². The molecule has 0 saturated carbocycles. The van der Waals surface area contributed by atoms with Crippen molar-refractivity contribution in [1.29, 1.82) is 0 Å². The van der Waals surface area contributed by atoms with Gasteiger partial charge in [-0.3, -0.25) is 9.59 Å². The van der Waals surface area contributed by atoms with Crippen LogP contribution in [0, 0.1) is 13.8 Å². The normalized spacial score (nSPS) is 11.9. The molecule has 7 heteroatoms. The Labute approximate surface area is 166 Å². The standard InChI is InChI=1S/C21H18ClNO5/c1-11-4-6-16(12(2)8-11)23-20(25)13(3)27-21(26)19-10-17(24)15-9-14(22)5-7-18(15)28-19/h4-10,13H,1-3H3,(H,23,25)/t13-/m0/s1. The van der Waals surface area contributed by atoms with Crippen LogP contribution in [0.15, 0.2) is 51.7 Å². The second-order valence-corrected chi connectivity index (χ2v) is 6.91. The summed E-state index contributed by atoms with van der Waals surface area (Å²) in [6.45, 7) is 5.26. The van der Waals surface area contributed by atoms with Gasteiger partial charge in [-0.1, -0.05) is 29.3 Å². The van der Waals surface area contributed by atoms with Crippen molar-refractivity contribution in [2.45, 2.75) is 26.9 Å². The number of hydrogen-bond donors (Lipinski definition) is 1. The number of carbonyl (C=O) groups excluding carboxylic acids is 2. The largest absolute Gasteiger partial charge is 0.449 e. The number of amides is 1. The third-order valence-corrected chi connectivity index (χ3v) is 4.42. The summed E-state index contributed by atoms with van der Waals surface area (Å²) in [7, 11) is 0. The zero-order valence-corrected chi connectivity index (χ0v) is 16.3. The summed E-state index contributed by atoms with van der Waals surface area (Å²) in [6.07, 6.45) is -1.08. The fourth-order valence-corrected chi connectivity index (χ4v) is 2.86. The maximum Gasteiger partial charge on any atom is 0.375 e. The fourth-order valence-electron chi connectivity index (χ4n) is 2.69. The maximum atomic E-state index is 12.3. The predicted octanol–water partition coefficient (Wildman–Crippen LogP) is 4.25. The van der Waals surface area contributed by atoms with Gasteiger partial charge in [-0.25, -0.2) is 4.79 Å². The third-order valence-electron chi connectivity index (χ3n) is 4.18. The van der Waals surface area contributed by atoms with E-state index in [0.717, 1.165) is 17.2 Å². The zero-order valence-electron chi connectivity index (χ0n) is 15.5. The van der Waals surface area contributed by atoms with Crippen LogP contribution in [-0.4, -0.2) is 18.0 Å². The minimum atomic E-state index is -1.08. The van der Waals surface area contributed by atoms with Crippen LogP contribution in [0.1, 0.15) is 28.6 Å². The summed E-state index contributed by atoms with van der Waals surface area (Å²) >= 11 is 5.87. The van der Waals surface area contributed by atoms with Gasteiger partial charge in [0.15, 0.2) is 11.5 Å². The highest BCUT2D eigenvalue weighted by molar-refractivity contribution is 6.31. The van der Waals surface area contributed by atoms with E-state index in [2.05, 4.69) is 5.32 Å². The van der Waals surface area contributed by atoms with Crippen molar-refractivity contribution in [3.05, 3.63) is 74.6 Å². The van der Waals surface area contributed by atoms with Crippen LogP contribution in [0.3, 0.4) is 0 Å². The van der Waals surface area contributed by atoms with Gasteiger partial charge in [0, 0.05) is 16.8 Å². The van der Waals surface area contributed by atoms with Crippen LogP contribution in [-0.2, 0) is 9.53 Å². The molecule has 1 atom stereocenters. The van der Waals surface area contributed by atoms with Gasteiger partial charge in [-0.2, -0.15) is 0 Å². The molecular formula is C21H18ClNO5. The molecule has 1 N–H and O–H groups in total. The van der Waals surface area contributed by atoms with Crippen molar-refractivity contribution in [3.8, 4) is 0 Å². The first-order chi connectivity index (χ1) is 13.2. The van der Waals surface area contributed by atoms with Gasteiger partial charge >= 0.3 is 5.97 Å². The number of ether oxygens (including phenoxy) is 1. The maximum absolute atomic E-state index is 12.3. The SMILES string of the molecule is Cc1ccc(NC(=O)[C@H](C)OC(=O)c2cc(=O)c3cc(Cl)ccc3o2)c(C)c1. The van der Waals surface area contributed by atoms with E-state index in [4.69, 9.17) is 20.8 Å². The Kier molecular flexibility index (Phi) is 5.51. The summed E-state index contributed by atoms with van der Waals surface area (Å²) in [6, 6.07) is 11.1. The Balaban J connectivity index is 1.74. The zero-order chi connectivity index (χ0) is 20.4. The van der Waals surface area contributed by atoms with Crippen LogP contribution < -0.4 is 10.7 Å². The first-order valence-corrected chi connectivity index (χ1v) is 8.95. The molecule has 0 aliphatic heterocycles. The molecule has 0 unspecified atom stereocenters. The molecule has 0 spiro atoms. The minimum absolute atomic E-state index is 0.205. The minimum Gasteiger partial charge on any atom is -0.449 e. The summed E-state index contributed by atoms with van der Waals surface area (Å²) in [5, 5.41) is 3.35. The first-order valence-electron chi connectivity index (χ1n) is 8.57. The number of fused-ring (bicyclic) bond motifs is 1. The number of nitrogens with one attached hydrogen (secondary N) is 1. The molecule has 0 bridgehead atoms. The molecule has 144 valence electrons. The average molecular weight is 400 g/mol. The monoisotopic (exact) mass is 399 g/mol. The molecule has 0 radical (unpaired) electrons. The summed E-state index contributed by atoms with van der Waals surface area (Å²) in [4.78, 5) is 36.8. The first kappa shape index (κ1) is 19.6. The molecule has 0 fully saturated rings. The number of halogens is 1. The van der Waals surface area contributed by atoms with Crippen molar-refractivity contribution in [3.63, 3.8) is 0 Å². The summed E-state index contributed by atoms with van der Waals surface area (Å²) < 4.78 is 10.6. The van der Waals surface area contributed by atoms with Crippen LogP contribution in [0.4, 0.5) is 5.69 Å². The molecule has 6 nitrogen and oxygen atoms in total.